The molecule has 0 bridgehead atoms. The molecule has 4 N–H and O–H groups in total. The summed E-state index contributed by atoms with van der Waals surface area (Å²) < 4.78 is 27.3. The summed E-state index contributed by atoms with van der Waals surface area (Å²) in [5, 5.41) is 4.75. The summed E-state index contributed by atoms with van der Waals surface area (Å²) >= 11 is 1.19. The van der Waals surface area contributed by atoms with Crippen LogP contribution in [-0.2, 0) is 14.8 Å². The standard InChI is InChI=1S/C16H22N4O3S2/c1-3-16(4-2,11-17)14(21)19-12-6-5-7-13(10-12)25(22,23)20-15-18-8-9-24-15/h5-10H,3-4,11,17H2,1-2H3,(H,18,20)(H,19,21). The van der Waals surface area contributed by atoms with Gasteiger partial charge in [0.05, 0.1) is 10.3 Å². The van der Waals surface area contributed by atoms with Gasteiger partial charge >= 0.3 is 0 Å². The Morgan fingerprint density at radius 3 is 2.60 bits per heavy atom. The van der Waals surface area contributed by atoms with Crippen LogP contribution in [0, 0.1) is 5.41 Å². The van der Waals surface area contributed by atoms with Crippen molar-refractivity contribution in [2.24, 2.45) is 11.1 Å². The fourth-order valence-corrected chi connectivity index (χ4v) is 4.24. The van der Waals surface area contributed by atoms with Crippen LogP contribution in [0.25, 0.3) is 0 Å². The van der Waals surface area contributed by atoms with Gasteiger partial charge in [0.1, 0.15) is 0 Å². The van der Waals surface area contributed by atoms with Crippen LogP contribution >= 0.6 is 11.3 Å². The van der Waals surface area contributed by atoms with E-state index in [9.17, 15) is 13.2 Å². The molecule has 7 nitrogen and oxygen atoms in total. The number of thiazole rings is 1. The molecule has 9 heteroatoms. The van der Waals surface area contributed by atoms with Gasteiger partial charge in [-0.3, -0.25) is 9.52 Å². The second kappa shape index (κ2) is 7.94. The van der Waals surface area contributed by atoms with Crippen LogP contribution in [-0.4, -0.2) is 25.9 Å². The Kier molecular flexibility index (Phi) is 6.15. The Labute approximate surface area is 151 Å². The van der Waals surface area contributed by atoms with Gasteiger partial charge in [0.2, 0.25) is 5.91 Å². The van der Waals surface area contributed by atoms with Crippen molar-refractivity contribution < 1.29 is 13.2 Å². The topological polar surface area (TPSA) is 114 Å². The van der Waals surface area contributed by atoms with Crippen LogP contribution in [0.4, 0.5) is 10.8 Å². The molecule has 2 aromatic rings. The molecule has 2 rings (SSSR count). The molecular weight excluding hydrogens is 360 g/mol. The zero-order valence-electron chi connectivity index (χ0n) is 14.2. The van der Waals surface area contributed by atoms with Gasteiger partial charge in [-0.25, -0.2) is 13.4 Å². The van der Waals surface area contributed by atoms with Crippen molar-refractivity contribution in [1.82, 2.24) is 4.98 Å². The van der Waals surface area contributed by atoms with E-state index in [1.54, 1.807) is 17.5 Å². The van der Waals surface area contributed by atoms with E-state index in [-0.39, 0.29) is 22.5 Å². The molecule has 0 fully saturated rings. The minimum atomic E-state index is -3.77. The molecular formula is C16H22N4O3S2. The highest BCUT2D eigenvalue weighted by molar-refractivity contribution is 7.93. The second-order valence-corrected chi connectivity index (χ2v) is 8.19. The van der Waals surface area contributed by atoms with Crippen molar-refractivity contribution in [2.75, 3.05) is 16.6 Å². The van der Waals surface area contributed by atoms with E-state index in [4.69, 9.17) is 5.73 Å². The van der Waals surface area contributed by atoms with E-state index in [1.807, 2.05) is 13.8 Å². The second-order valence-electron chi connectivity index (χ2n) is 5.62. The molecule has 0 radical (unpaired) electrons. The molecule has 1 amide bonds. The van der Waals surface area contributed by atoms with Crippen LogP contribution < -0.4 is 15.8 Å². The SMILES string of the molecule is CCC(CC)(CN)C(=O)Nc1cccc(S(=O)(=O)Nc2nccs2)c1. The molecule has 25 heavy (non-hydrogen) atoms. The number of carbonyl (C=O) groups excluding carboxylic acids is 1. The summed E-state index contributed by atoms with van der Waals surface area (Å²) in [4.78, 5) is 16.5. The number of carbonyl (C=O) groups is 1. The van der Waals surface area contributed by atoms with Gasteiger partial charge in [0.15, 0.2) is 5.13 Å². The summed E-state index contributed by atoms with van der Waals surface area (Å²) in [6.07, 6.45) is 2.73. The predicted octanol–water partition coefficient (Wildman–Crippen LogP) is 2.65. The molecule has 0 aliphatic rings. The molecule has 1 aromatic heterocycles. The van der Waals surface area contributed by atoms with Crippen molar-refractivity contribution in [1.29, 1.82) is 0 Å². The molecule has 0 aliphatic carbocycles. The number of hydrogen-bond donors (Lipinski definition) is 3. The van der Waals surface area contributed by atoms with Gasteiger partial charge in [0.25, 0.3) is 10.0 Å². The number of hydrogen-bond acceptors (Lipinski definition) is 6. The maximum absolute atomic E-state index is 12.6. The Balaban J connectivity index is 2.22. The largest absolute Gasteiger partial charge is 0.329 e. The Hall–Kier alpha value is -1.97. The smallest absolute Gasteiger partial charge is 0.263 e. The van der Waals surface area contributed by atoms with Crippen LogP contribution in [0.5, 0.6) is 0 Å². The van der Waals surface area contributed by atoms with Gasteiger partial charge in [-0.1, -0.05) is 19.9 Å². The minimum Gasteiger partial charge on any atom is -0.329 e. The van der Waals surface area contributed by atoms with Crippen molar-refractivity contribution >= 4 is 38.1 Å². The molecule has 0 saturated carbocycles. The molecule has 136 valence electrons. The highest BCUT2D eigenvalue weighted by Gasteiger charge is 2.33. The highest BCUT2D eigenvalue weighted by Crippen LogP contribution is 2.28. The van der Waals surface area contributed by atoms with Gasteiger partial charge < -0.3 is 11.1 Å². The fraction of sp³-hybridized carbons (Fsp3) is 0.375. The highest BCUT2D eigenvalue weighted by atomic mass is 32.2. The number of amides is 1. The summed E-state index contributed by atoms with van der Waals surface area (Å²) in [5.41, 5.74) is 5.54. The third kappa shape index (κ3) is 4.36. The normalized spacial score (nSPS) is 12.0. The zero-order chi connectivity index (χ0) is 18.5. The van der Waals surface area contributed by atoms with Gasteiger partial charge in [-0.2, -0.15) is 0 Å². The van der Waals surface area contributed by atoms with Crippen LogP contribution in [0.1, 0.15) is 26.7 Å². The Morgan fingerprint density at radius 2 is 2.04 bits per heavy atom. The third-order valence-corrected chi connectivity index (χ3v) is 6.44. The molecule has 0 saturated heterocycles. The average Bonchev–Trinajstić information content (AvgIpc) is 3.09. The van der Waals surface area contributed by atoms with Crippen LogP contribution in [0.2, 0.25) is 0 Å². The lowest BCUT2D eigenvalue weighted by Gasteiger charge is -2.28. The van der Waals surface area contributed by atoms with E-state index < -0.39 is 15.4 Å². The van der Waals surface area contributed by atoms with E-state index in [1.165, 1.54) is 29.7 Å². The Bertz CT molecular complexity index is 807. The van der Waals surface area contributed by atoms with E-state index in [0.29, 0.717) is 18.5 Å². The number of benzene rings is 1. The van der Waals surface area contributed by atoms with Crippen molar-refractivity contribution in [2.45, 2.75) is 31.6 Å². The molecule has 0 spiro atoms. The number of nitrogens with zero attached hydrogens (tertiary/aromatic N) is 1. The maximum Gasteiger partial charge on any atom is 0.263 e. The summed E-state index contributed by atoms with van der Waals surface area (Å²) in [6.45, 7) is 4.05. The van der Waals surface area contributed by atoms with Gasteiger partial charge in [-0.15, -0.1) is 11.3 Å². The van der Waals surface area contributed by atoms with Gasteiger partial charge in [-0.05, 0) is 31.0 Å². The first-order chi connectivity index (χ1) is 11.9. The monoisotopic (exact) mass is 382 g/mol. The van der Waals surface area contributed by atoms with E-state index >= 15 is 0 Å². The predicted molar refractivity (Wildman–Crippen MR) is 100 cm³/mol. The fourth-order valence-electron chi connectivity index (χ4n) is 2.40. The first-order valence-corrected chi connectivity index (χ1v) is 10.3. The molecule has 1 heterocycles. The van der Waals surface area contributed by atoms with Gasteiger partial charge in [0, 0.05) is 23.8 Å². The van der Waals surface area contributed by atoms with Crippen LogP contribution in [0.15, 0.2) is 40.7 Å². The summed E-state index contributed by atoms with van der Waals surface area (Å²) in [5.74, 6) is -0.206. The van der Waals surface area contributed by atoms with Crippen molar-refractivity contribution in [3.8, 4) is 0 Å². The van der Waals surface area contributed by atoms with E-state index in [2.05, 4.69) is 15.0 Å². The number of rotatable bonds is 8. The third-order valence-electron chi connectivity index (χ3n) is 4.28. The number of anilines is 2. The lowest BCUT2D eigenvalue weighted by molar-refractivity contribution is -0.125. The lowest BCUT2D eigenvalue weighted by Crippen LogP contribution is -2.41. The summed E-state index contributed by atoms with van der Waals surface area (Å²) in [6, 6.07) is 6.10. The Morgan fingerprint density at radius 1 is 1.32 bits per heavy atom. The quantitative estimate of drug-likeness (QED) is 0.649. The van der Waals surface area contributed by atoms with Crippen molar-refractivity contribution in [3.05, 3.63) is 35.8 Å². The lowest BCUT2D eigenvalue weighted by atomic mass is 9.81. The number of sulfonamides is 1. The number of nitrogens with one attached hydrogen (secondary N) is 2. The number of aromatic nitrogens is 1. The average molecular weight is 383 g/mol. The number of nitrogens with two attached hydrogens (primary N) is 1. The molecule has 0 unspecified atom stereocenters. The van der Waals surface area contributed by atoms with E-state index in [0.717, 1.165) is 0 Å². The zero-order valence-corrected chi connectivity index (χ0v) is 15.8. The maximum atomic E-state index is 12.6. The first kappa shape index (κ1) is 19.4. The minimum absolute atomic E-state index is 0.0480. The van der Waals surface area contributed by atoms with Crippen LogP contribution in [0.3, 0.4) is 0 Å². The van der Waals surface area contributed by atoms with Crippen molar-refractivity contribution in [3.63, 3.8) is 0 Å². The molecule has 0 atom stereocenters. The summed E-state index contributed by atoms with van der Waals surface area (Å²) in [7, 11) is -3.77. The molecule has 0 aliphatic heterocycles. The molecule has 1 aromatic carbocycles. The first-order valence-electron chi connectivity index (χ1n) is 7.91.